The Morgan fingerprint density at radius 3 is 2.35 bits per heavy atom. The lowest BCUT2D eigenvalue weighted by Crippen LogP contribution is -2.27. The zero-order chi connectivity index (χ0) is 22.6. The molecule has 0 saturated carbocycles. The lowest BCUT2D eigenvalue weighted by atomic mass is 10.1. The van der Waals surface area contributed by atoms with E-state index in [2.05, 4.69) is 4.72 Å². The molecule has 0 spiro atoms. The average Bonchev–Trinajstić information content (AvgIpc) is 2.75. The van der Waals surface area contributed by atoms with E-state index in [1.165, 1.54) is 19.2 Å². The molecule has 3 aromatic carbocycles. The lowest BCUT2D eigenvalue weighted by Gasteiger charge is -2.19. The summed E-state index contributed by atoms with van der Waals surface area (Å²) in [5.74, 6) is 0.166. The van der Waals surface area contributed by atoms with Crippen molar-refractivity contribution in [2.45, 2.75) is 25.3 Å². The number of rotatable bonds is 7. The van der Waals surface area contributed by atoms with E-state index in [-0.39, 0.29) is 10.8 Å². The SMILES string of the molecule is COc1ccccc1NS(=O)(=O)c1ccc(C)c(C(=O)N(C)Cc2ccc(C)cc2)c1. The predicted molar refractivity (Wildman–Crippen MR) is 122 cm³/mol. The van der Waals surface area contributed by atoms with Crippen LogP contribution in [0.2, 0.25) is 0 Å². The number of anilines is 1. The molecule has 1 amide bonds. The molecule has 0 aliphatic carbocycles. The molecule has 0 fully saturated rings. The highest BCUT2D eigenvalue weighted by Gasteiger charge is 2.21. The number of ether oxygens (including phenoxy) is 1. The normalized spacial score (nSPS) is 11.1. The second-order valence-electron chi connectivity index (χ2n) is 7.43. The van der Waals surface area contributed by atoms with E-state index in [9.17, 15) is 13.2 Å². The maximum Gasteiger partial charge on any atom is 0.262 e. The van der Waals surface area contributed by atoms with Gasteiger partial charge in [-0.3, -0.25) is 9.52 Å². The number of nitrogens with zero attached hydrogens (tertiary/aromatic N) is 1. The Bertz CT molecular complexity index is 1190. The minimum absolute atomic E-state index is 0.0103. The number of methoxy groups -OCH3 is 1. The van der Waals surface area contributed by atoms with Gasteiger partial charge in [-0.25, -0.2) is 8.42 Å². The highest BCUT2D eigenvalue weighted by Crippen LogP contribution is 2.27. The molecule has 0 atom stereocenters. The molecular formula is C24H26N2O4S. The second-order valence-corrected chi connectivity index (χ2v) is 9.11. The van der Waals surface area contributed by atoms with Crippen molar-refractivity contribution < 1.29 is 17.9 Å². The zero-order valence-corrected chi connectivity index (χ0v) is 18.9. The minimum atomic E-state index is -3.91. The molecule has 1 N–H and O–H groups in total. The molecule has 0 saturated heterocycles. The third-order valence-electron chi connectivity index (χ3n) is 4.99. The van der Waals surface area contributed by atoms with E-state index in [0.29, 0.717) is 29.1 Å². The fourth-order valence-electron chi connectivity index (χ4n) is 3.18. The minimum Gasteiger partial charge on any atom is -0.495 e. The molecule has 0 heterocycles. The van der Waals surface area contributed by atoms with Gasteiger partial charge >= 0.3 is 0 Å². The Hall–Kier alpha value is -3.32. The van der Waals surface area contributed by atoms with E-state index in [4.69, 9.17) is 4.74 Å². The molecule has 3 rings (SSSR count). The third kappa shape index (κ3) is 5.24. The number of carbonyl (C=O) groups is 1. The summed E-state index contributed by atoms with van der Waals surface area (Å²) in [4.78, 5) is 14.7. The summed E-state index contributed by atoms with van der Waals surface area (Å²) in [6, 6.07) is 19.2. The molecule has 6 nitrogen and oxygen atoms in total. The number of carbonyl (C=O) groups excluding carboxylic acids is 1. The Kier molecular flexibility index (Phi) is 6.65. The van der Waals surface area contributed by atoms with Gasteiger partial charge in [-0.15, -0.1) is 0 Å². The van der Waals surface area contributed by atoms with Crippen molar-refractivity contribution in [3.8, 4) is 5.75 Å². The first-order valence-corrected chi connectivity index (χ1v) is 11.3. The van der Waals surface area contributed by atoms with Crippen LogP contribution in [0.15, 0.2) is 71.6 Å². The van der Waals surface area contributed by atoms with Gasteiger partial charge in [0, 0.05) is 19.2 Å². The van der Waals surface area contributed by atoms with E-state index < -0.39 is 10.0 Å². The molecule has 7 heteroatoms. The molecule has 31 heavy (non-hydrogen) atoms. The van der Waals surface area contributed by atoms with Crippen LogP contribution in [0.1, 0.15) is 27.0 Å². The van der Waals surface area contributed by atoms with Crippen molar-refractivity contribution in [2.24, 2.45) is 0 Å². The summed E-state index contributed by atoms with van der Waals surface area (Å²) in [7, 11) is -0.733. The molecule has 162 valence electrons. The average molecular weight is 439 g/mol. The van der Waals surface area contributed by atoms with Crippen molar-refractivity contribution in [3.05, 3.63) is 89.0 Å². The van der Waals surface area contributed by atoms with Crippen molar-refractivity contribution in [3.63, 3.8) is 0 Å². The highest BCUT2D eigenvalue weighted by molar-refractivity contribution is 7.92. The number of hydrogen-bond acceptors (Lipinski definition) is 4. The maximum absolute atomic E-state index is 13.1. The Labute approximate surface area is 183 Å². The molecule has 0 aliphatic rings. The smallest absolute Gasteiger partial charge is 0.262 e. The number of amides is 1. The zero-order valence-electron chi connectivity index (χ0n) is 18.0. The van der Waals surface area contributed by atoms with Crippen LogP contribution >= 0.6 is 0 Å². The summed E-state index contributed by atoms with van der Waals surface area (Å²) >= 11 is 0. The van der Waals surface area contributed by atoms with E-state index >= 15 is 0 Å². The molecule has 0 unspecified atom stereocenters. The Morgan fingerprint density at radius 1 is 1.00 bits per heavy atom. The molecule has 0 aliphatic heterocycles. The van der Waals surface area contributed by atoms with Gasteiger partial charge in [-0.05, 0) is 49.2 Å². The number of para-hydroxylation sites is 2. The lowest BCUT2D eigenvalue weighted by molar-refractivity contribution is 0.0784. The van der Waals surface area contributed by atoms with E-state index in [1.54, 1.807) is 49.2 Å². The highest BCUT2D eigenvalue weighted by atomic mass is 32.2. The summed E-state index contributed by atoms with van der Waals surface area (Å²) in [5.41, 5.74) is 3.53. The van der Waals surface area contributed by atoms with Gasteiger partial charge in [0.1, 0.15) is 5.75 Å². The monoisotopic (exact) mass is 438 g/mol. The number of nitrogens with one attached hydrogen (secondary N) is 1. The maximum atomic E-state index is 13.1. The first-order chi connectivity index (χ1) is 14.7. The fraction of sp³-hybridized carbons (Fsp3) is 0.208. The summed E-state index contributed by atoms with van der Waals surface area (Å²) < 4.78 is 33.7. The van der Waals surface area contributed by atoms with Crippen LogP contribution in [0.25, 0.3) is 0 Å². The summed E-state index contributed by atoms with van der Waals surface area (Å²) in [6.45, 7) is 4.22. The first kappa shape index (κ1) is 22.4. The predicted octanol–water partition coefficient (Wildman–Crippen LogP) is 4.39. The third-order valence-corrected chi connectivity index (χ3v) is 6.35. The molecular weight excluding hydrogens is 412 g/mol. The van der Waals surface area contributed by atoms with Crippen molar-refractivity contribution in [1.82, 2.24) is 4.90 Å². The Morgan fingerprint density at radius 2 is 1.68 bits per heavy atom. The molecule has 0 aromatic heterocycles. The van der Waals surface area contributed by atoms with Crippen molar-refractivity contribution >= 4 is 21.6 Å². The second kappa shape index (κ2) is 9.22. The van der Waals surface area contributed by atoms with Gasteiger partial charge in [0.05, 0.1) is 17.7 Å². The molecule has 0 bridgehead atoms. The largest absolute Gasteiger partial charge is 0.495 e. The fourth-order valence-corrected chi connectivity index (χ4v) is 4.27. The van der Waals surface area contributed by atoms with Crippen LogP contribution < -0.4 is 9.46 Å². The van der Waals surface area contributed by atoms with Crippen LogP contribution in [0, 0.1) is 13.8 Å². The standard InChI is InChI=1S/C24H26N2O4S/c1-17-9-12-19(13-10-17)16-26(3)24(27)21-15-20(14-11-18(21)2)31(28,29)25-22-7-5-6-8-23(22)30-4/h5-15,25H,16H2,1-4H3. The number of hydrogen-bond donors (Lipinski definition) is 1. The van der Waals surface area contributed by atoms with Crippen LogP contribution in [0.5, 0.6) is 5.75 Å². The van der Waals surface area contributed by atoms with Crippen molar-refractivity contribution in [2.75, 3.05) is 18.9 Å². The summed E-state index contributed by atoms with van der Waals surface area (Å²) in [5, 5.41) is 0. The Balaban J connectivity index is 1.86. The van der Waals surface area contributed by atoms with Crippen LogP contribution in [-0.4, -0.2) is 33.4 Å². The van der Waals surface area contributed by atoms with Crippen LogP contribution in [0.4, 0.5) is 5.69 Å². The van der Waals surface area contributed by atoms with Gasteiger partial charge in [0.2, 0.25) is 0 Å². The van der Waals surface area contributed by atoms with Crippen molar-refractivity contribution in [1.29, 1.82) is 0 Å². The number of sulfonamides is 1. The number of benzene rings is 3. The van der Waals surface area contributed by atoms with E-state index in [0.717, 1.165) is 11.1 Å². The topological polar surface area (TPSA) is 75.7 Å². The van der Waals surface area contributed by atoms with Gasteiger partial charge in [0.15, 0.2) is 0 Å². The van der Waals surface area contributed by atoms with Gasteiger partial charge < -0.3 is 9.64 Å². The quantitative estimate of drug-likeness (QED) is 0.594. The summed E-state index contributed by atoms with van der Waals surface area (Å²) in [6.07, 6.45) is 0. The molecule has 0 radical (unpaired) electrons. The van der Waals surface area contributed by atoms with E-state index in [1.807, 2.05) is 31.2 Å². The van der Waals surface area contributed by atoms with Gasteiger partial charge in [-0.1, -0.05) is 48.0 Å². The van der Waals surface area contributed by atoms with Crippen LogP contribution in [0.3, 0.4) is 0 Å². The van der Waals surface area contributed by atoms with Crippen LogP contribution in [-0.2, 0) is 16.6 Å². The van der Waals surface area contributed by atoms with Gasteiger partial charge in [-0.2, -0.15) is 0 Å². The molecule has 3 aromatic rings. The van der Waals surface area contributed by atoms with Gasteiger partial charge in [0.25, 0.3) is 15.9 Å². The first-order valence-electron chi connectivity index (χ1n) is 9.79. The number of aryl methyl sites for hydroxylation is 2.